The van der Waals surface area contributed by atoms with Gasteiger partial charge in [0.1, 0.15) is 17.4 Å². The summed E-state index contributed by atoms with van der Waals surface area (Å²) in [5, 5.41) is 3.40. The third-order valence-electron chi connectivity index (χ3n) is 4.52. The van der Waals surface area contributed by atoms with Crippen molar-refractivity contribution in [3.63, 3.8) is 0 Å². The topological polar surface area (TPSA) is 59.5 Å². The van der Waals surface area contributed by atoms with Gasteiger partial charge in [0.05, 0.1) is 19.8 Å². The van der Waals surface area contributed by atoms with Crippen LogP contribution in [0.1, 0.15) is 6.92 Å². The van der Waals surface area contributed by atoms with Crippen LogP contribution in [-0.4, -0.2) is 42.9 Å². The number of rotatable bonds is 6. The van der Waals surface area contributed by atoms with Crippen LogP contribution in [0.15, 0.2) is 60.7 Å². The van der Waals surface area contributed by atoms with Gasteiger partial charge in [0.2, 0.25) is 0 Å². The fourth-order valence-corrected chi connectivity index (χ4v) is 3.12. The van der Waals surface area contributed by atoms with E-state index >= 15 is 0 Å². The predicted octanol–water partition coefficient (Wildman–Crippen LogP) is 4.12. The highest BCUT2D eigenvalue weighted by Gasteiger charge is 2.16. The number of anilines is 3. The van der Waals surface area contributed by atoms with Gasteiger partial charge < -0.3 is 19.7 Å². The van der Waals surface area contributed by atoms with Crippen LogP contribution in [0.2, 0.25) is 0 Å². The summed E-state index contributed by atoms with van der Waals surface area (Å²) in [6.45, 7) is 5.72. The van der Waals surface area contributed by atoms with Crippen molar-refractivity contribution in [2.45, 2.75) is 6.92 Å². The number of nitrogens with one attached hydrogen (secondary N) is 1. The third-order valence-corrected chi connectivity index (χ3v) is 4.52. The van der Waals surface area contributed by atoms with Crippen molar-refractivity contribution in [1.82, 2.24) is 9.97 Å². The van der Waals surface area contributed by atoms with Crippen LogP contribution in [0, 0.1) is 0 Å². The molecule has 2 heterocycles. The molecule has 0 radical (unpaired) electrons. The molecular formula is C22H24N4O2. The van der Waals surface area contributed by atoms with Crippen molar-refractivity contribution in [3.8, 4) is 17.1 Å². The molecule has 0 unspecified atom stereocenters. The zero-order valence-corrected chi connectivity index (χ0v) is 16.0. The predicted molar refractivity (Wildman–Crippen MR) is 111 cm³/mol. The summed E-state index contributed by atoms with van der Waals surface area (Å²) in [4.78, 5) is 11.8. The maximum Gasteiger partial charge on any atom is 0.163 e. The first-order chi connectivity index (χ1) is 13.8. The molecule has 1 aliphatic heterocycles. The standard InChI is InChI=1S/C22H24N4O2/c1-2-28-19-10-8-18(9-11-19)23-20-16-21(26-12-14-27-15-13-26)25-22(24-20)17-6-4-3-5-7-17/h3-11,16H,2,12-15H2,1H3,(H,23,24,25). The minimum atomic E-state index is 0.655. The van der Waals surface area contributed by atoms with Gasteiger partial charge in [-0.3, -0.25) is 0 Å². The summed E-state index contributed by atoms with van der Waals surface area (Å²) in [6.07, 6.45) is 0. The van der Waals surface area contributed by atoms with E-state index in [-0.39, 0.29) is 0 Å². The third kappa shape index (κ3) is 4.40. The molecule has 6 heteroatoms. The molecule has 0 aliphatic carbocycles. The molecule has 1 N–H and O–H groups in total. The molecule has 6 nitrogen and oxygen atoms in total. The minimum Gasteiger partial charge on any atom is -0.494 e. The molecule has 3 aromatic rings. The van der Waals surface area contributed by atoms with Crippen LogP contribution in [0.4, 0.5) is 17.3 Å². The summed E-state index contributed by atoms with van der Waals surface area (Å²) in [5.74, 6) is 3.23. The highest BCUT2D eigenvalue weighted by atomic mass is 16.5. The first kappa shape index (κ1) is 18.3. The van der Waals surface area contributed by atoms with Crippen LogP contribution >= 0.6 is 0 Å². The van der Waals surface area contributed by atoms with Gasteiger partial charge in [0, 0.05) is 30.4 Å². The van der Waals surface area contributed by atoms with Crippen molar-refractivity contribution in [2.24, 2.45) is 0 Å². The Kier molecular flexibility index (Phi) is 5.68. The van der Waals surface area contributed by atoms with Crippen molar-refractivity contribution in [1.29, 1.82) is 0 Å². The Bertz CT molecular complexity index is 894. The Labute approximate surface area is 165 Å². The average Bonchev–Trinajstić information content (AvgIpc) is 2.76. The van der Waals surface area contributed by atoms with E-state index in [9.17, 15) is 0 Å². The molecule has 1 aliphatic rings. The summed E-state index contributed by atoms with van der Waals surface area (Å²) in [7, 11) is 0. The van der Waals surface area contributed by atoms with Gasteiger partial charge in [0.25, 0.3) is 0 Å². The zero-order valence-electron chi connectivity index (χ0n) is 16.0. The second-order valence-electron chi connectivity index (χ2n) is 6.48. The first-order valence-corrected chi connectivity index (χ1v) is 9.59. The van der Waals surface area contributed by atoms with Crippen molar-refractivity contribution in [2.75, 3.05) is 43.1 Å². The lowest BCUT2D eigenvalue weighted by Crippen LogP contribution is -2.36. The highest BCUT2D eigenvalue weighted by Crippen LogP contribution is 2.26. The van der Waals surface area contributed by atoms with Gasteiger partial charge in [-0.1, -0.05) is 30.3 Å². The number of ether oxygens (including phenoxy) is 2. The summed E-state index contributed by atoms with van der Waals surface area (Å²) >= 11 is 0. The molecule has 2 aromatic carbocycles. The van der Waals surface area contributed by atoms with Crippen LogP contribution in [0.5, 0.6) is 5.75 Å². The molecule has 0 atom stereocenters. The Morgan fingerprint density at radius 1 is 1.00 bits per heavy atom. The van der Waals surface area contributed by atoms with Gasteiger partial charge in [-0.25, -0.2) is 9.97 Å². The molecule has 1 aromatic heterocycles. The number of morpholine rings is 1. The number of benzene rings is 2. The van der Waals surface area contributed by atoms with Crippen molar-refractivity contribution >= 4 is 17.3 Å². The zero-order chi connectivity index (χ0) is 19.2. The van der Waals surface area contributed by atoms with Crippen molar-refractivity contribution < 1.29 is 9.47 Å². The molecule has 144 valence electrons. The summed E-state index contributed by atoms with van der Waals surface area (Å²) < 4.78 is 11.0. The quantitative estimate of drug-likeness (QED) is 0.698. The molecule has 1 saturated heterocycles. The number of hydrogen-bond acceptors (Lipinski definition) is 6. The van der Waals surface area contributed by atoms with E-state index in [1.54, 1.807) is 0 Å². The van der Waals surface area contributed by atoms with E-state index in [0.717, 1.165) is 41.7 Å². The Morgan fingerprint density at radius 3 is 2.46 bits per heavy atom. The first-order valence-electron chi connectivity index (χ1n) is 9.59. The van der Waals surface area contributed by atoms with Gasteiger partial charge >= 0.3 is 0 Å². The molecule has 4 rings (SSSR count). The molecule has 0 spiro atoms. The number of hydrogen-bond donors (Lipinski definition) is 1. The van der Waals surface area contributed by atoms with Crippen molar-refractivity contribution in [3.05, 3.63) is 60.7 Å². The molecule has 0 amide bonds. The monoisotopic (exact) mass is 376 g/mol. The van der Waals surface area contributed by atoms with E-state index in [1.807, 2.05) is 67.6 Å². The lowest BCUT2D eigenvalue weighted by atomic mass is 10.2. The minimum absolute atomic E-state index is 0.655. The Morgan fingerprint density at radius 2 is 1.75 bits per heavy atom. The van der Waals surface area contributed by atoms with Crippen LogP contribution < -0.4 is 15.0 Å². The van der Waals surface area contributed by atoms with E-state index in [4.69, 9.17) is 19.4 Å². The fraction of sp³-hybridized carbons (Fsp3) is 0.273. The normalized spacial score (nSPS) is 14.0. The van der Waals surface area contributed by atoms with Gasteiger partial charge in [-0.2, -0.15) is 0 Å². The Hall–Kier alpha value is -3.12. The van der Waals surface area contributed by atoms with E-state index in [0.29, 0.717) is 25.6 Å². The maximum absolute atomic E-state index is 5.51. The SMILES string of the molecule is CCOc1ccc(Nc2cc(N3CCOCC3)nc(-c3ccccc3)n2)cc1. The van der Waals surface area contributed by atoms with Gasteiger partial charge in [-0.05, 0) is 31.2 Å². The fourth-order valence-electron chi connectivity index (χ4n) is 3.12. The number of aromatic nitrogens is 2. The number of nitrogens with zero attached hydrogens (tertiary/aromatic N) is 3. The second-order valence-corrected chi connectivity index (χ2v) is 6.48. The van der Waals surface area contributed by atoms with Crippen LogP contribution in [-0.2, 0) is 4.74 Å². The molecule has 0 bridgehead atoms. The maximum atomic E-state index is 5.51. The van der Waals surface area contributed by atoms with Gasteiger partial charge in [0.15, 0.2) is 5.82 Å². The molecule has 0 saturated carbocycles. The second kappa shape index (κ2) is 8.71. The Balaban J connectivity index is 1.65. The lowest BCUT2D eigenvalue weighted by molar-refractivity contribution is 0.122. The smallest absolute Gasteiger partial charge is 0.163 e. The van der Waals surface area contributed by atoms with Gasteiger partial charge in [-0.15, -0.1) is 0 Å². The molecule has 1 fully saturated rings. The summed E-state index contributed by atoms with van der Waals surface area (Å²) in [6, 6.07) is 19.9. The average molecular weight is 376 g/mol. The largest absolute Gasteiger partial charge is 0.494 e. The van der Waals surface area contributed by atoms with E-state index in [1.165, 1.54) is 0 Å². The van der Waals surface area contributed by atoms with E-state index in [2.05, 4.69) is 10.2 Å². The highest BCUT2D eigenvalue weighted by molar-refractivity contribution is 5.66. The van der Waals surface area contributed by atoms with E-state index < -0.39 is 0 Å². The molecular weight excluding hydrogens is 352 g/mol. The van der Waals surface area contributed by atoms with Crippen LogP contribution in [0.25, 0.3) is 11.4 Å². The van der Waals surface area contributed by atoms with Crippen LogP contribution in [0.3, 0.4) is 0 Å². The lowest BCUT2D eigenvalue weighted by Gasteiger charge is -2.28. The molecule has 28 heavy (non-hydrogen) atoms. The summed E-state index contributed by atoms with van der Waals surface area (Å²) in [5.41, 5.74) is 1.95.